The summed E-state index contributed by atoms with van der Waals surface area (Å²) >= 11 is 5.95. The first-order valence-electron chi connectivity index (χ1n) is 9.12. The normalized spacial score (nSPS) is 10.7. The molecule has 0 aliphatic carbocycles. The summed E-state index contributed by atoms with van der Waals surface area (Å²) in [7, 11) is 1.50. The van der Waals surface area contributed by atoms with Crippen molar-refractivity contribution in [3.63, 3.8) is 0 Å². The van der Waals surface area contributed by atoms with Crippen LogP contribution in [0.4, 0.5) is 4.39 Å². The van der Waals surface area contributed by atoms with E-state index in [4.69, 9.17) is 11.6 Å². The minimum absolute atomic E-state index is 0.00498. The lowest BCUT2D eigenvalue weighted by atomic mass is 10.1. The van der Waals surface area contributed by atoms with Crippen LogP contribution in [0.1, 0.15) is 16.9 Å². The molecule has 0 saturated heterocycles. The van der Waals surface area contributed by atoms with Crippen molar-refractivity contribution in [1.29, 1.82) is 0 Å². The average Bonchev–Trinajstić information content (AvgIpc) is 3.39. The molecule has 10 heteroatoms. The number of fused-ring (bicyclic) bond motifs is 1. The molecule has 4 rings (SSSR count). The first kappa shape index (κ1) is 21.6. The topological polar surface area (TPSA) is 111 Å². The standard InChI is InChI=1S/C19H15ClFN5O2.CH5N/c20-14-8-12(2-3-15(14)21)18-19(25(11-23-18)6-1-7-27)16-4-5-17-22-9-13(10-28)26(17)24-16;1-2/h2-5,8-11,27H,1,6-7H2;2H2,1H3. The van der Waals surface area contributed by atoms with Crippen LogP contribution in [0.2, 0.25) is 5.02 Å². The van der Waals surface area contributed by atoms with Crippen molar-refractivity contribution >= 4 is 23.5 Å². The number of hydrogen-bond donors (Lipinski definition) is 2. The van der Waals surface area contributed by atoms with Gasteiger partial charge in [0.2, 0.25) is 0 Å². The zero-order chi connectivity index (χ0) is 21.7. The SMILES string of the molecule is CN.O=Cc1cnc2ccc(-c3c(-c4ccc(F)c(Cl)c4)ncn3CCCO)nn12. The van der Waals surface area contributed by atoms with Gasteiger partial charge in [0.05, 0.1) is 28.9 Å². The average molecular weight is 431 g/mol. The van der Waals surface area contributed by atoms with Gasteiger partial charge in [-0.15, -0.1) is 0 Å². The Kier molecular flexibility index (Phi) is 6.88. The van der Waals surface area contributed by atoms with Gasteiger partial charge in [-0.25, -0.2) is 18.9 Å². The number of aromatic nitrogens is 5. The summed E-state index contributed by atoms with van der Waals surface area (Å²) in [5.74, 6) is -0.514. The van der Waals surface area contributed by atoms with E-state index in [-0.39, 0.29) is 11.6 Å². The molecule has 3 aromatic heterocycles. The molecule has 156 valence electrons. The molecule has 4 aromatic rings. The quantitative estimate of drug-likeness (QED) is 0.455. The highest BCUT2D eigenvalue weighted by Gasteiger charge is 2.18. The second kappa shape index (κ2) is 9.57. The number of aryl methyl sites for hydroxylation is 1. The van der Waals surface area contributed by atoms with Crippen molar-refractivity contribution in [1.82, 2.24) is 24.1 Å². The third-order valence-corrected chi connectivity index (χ3v) is 4.63. The molecule has 30 heavy (non-hydrogen) atoms. The van der Waals surface area contributed by atoms with Crippen LogP contribution in [-0.2, 0) is 6.54 Å². The molecule has 0 saturated carbocycles. The Morgan fingerprint density at radius 2 is 2.03 bits per heavy atom. The lowest BCUT2D eigenvalue weighted by Gasteiger charge is -2.10. The summed E-state index contributed by atoms with van der Waals surface area (Å²) in [6, 6.07) is 7.91. The van der Waals surface area contributed by atoms with E-state index in [2.05, 4.69) is 20.8 Å². The Hall–Kier alpha value is -3.14. The third-order valence-electron chi connectivity index (χ3n) is 4.34. The number of halogens is 2. The molecule has 1 aromatic carbocycles. The maximum absolute atomic E-state index is 13.6. The Bertz CT molecular complexity index is 1170. The second-order valence-electron chi connectivity index (χ2n) is 6.13. The summed E-state index contributed by atoms with van der Waals surface area (Å²) in [6.45, 7) is 0.538. The van der Waals surface area contributed by atoms with E-state index in [0.717, 1.165) is 0 Å². The molecular weight excluding hydrogens is 411 g/mol. The molecule has 0 atom stereocenters. The van der Waals surface area contributed by atoms with E-state index < -0.39 is 5.82 Å². The Morgan fingerprint density at radius 1 is 1.23 bits per heavy atom. The van der Waals surface area contributed by atoms with Crippen LogP contribution in [0.25, 0.3) is 28.3 Å². The maximum atomic E-state index is 13.6. The number of carbonyl (C=O) groups excluding carboxylic acids is 1. The smallest absolute Gasteiger partial charge is 0.170 e. The summed E-state index contributed by atoms with van der Waals surface area (Å²) in [4.78, 5) is 19.9. The molecule has 3 N–H and O–H groups in total. The molecule has 0 aliphatic rings. The van der Waals surface area contributed by atoms with E-state index in [9.17, 15) is 14.3 Å². The van der Waals surface area contributed by atoms with E-state index >= 15 is 0 Å². The monoisotopic (exact) mass is 430 g/mol. The van der Waals surface area contributed by atoms with Gasteiger partial charge in [0.15, 0.2) is 11.9 Å². The van der Waals surface area contributed by atoms with Gasteiger partial charge in [-0.2, -0.15) is 5.10 Å². The van der Waals surface area contributed by atoms with Crippen LogP contribution in [0.5, 0.6) is 0 Å². The Morgan fingerprint density at radius 3 is 2.73 bits per heavy atom. The Labute approximate surface area is 176 Å². The highest BCUT2D eigenvalue weighted by atomic mass is 35.5. The molecule has 0 spiro atoms. The highest BCUT2D eigenvalue weighted by Crippen LogP contribution is 2.32. The molecule has 0 fully saturated rings. The van der Waals surface area contributed by atoms with Gasteiger partial charge in [-0.05, 0) is 43.8 Å². The van der Waals surface area contributed by atoms with Crippen molar-refractivity contribution in [2.45, 2.75) is 13.0 Å². The number of aldehydes is 1. The molecule has 0 radical (unpaired) electrons. The first-order valence-corrected chi connectivity index (χ1v) is 9.49. The van der Waals surface area contributed by atoms with Gasteiger partial charge in [0.1, 0.15) is 17.2 Å². The maximum Gasteiger partial charge on any atom is 0.170 e. The lowest BCUT2D eigenvalue weighted by Crippen LogP contribution is -2.05. The summed E-state index contributed by atoms with van der Waals surface area (Å²) in [6.07, 6.45) is 4.29. The highest BCUT2D eigenvalue weighted by molar-refractivity contribution is 6.31. The number of rotatable bonds is 6. The number of hydrogen-bond acceptors (Lipinski definition) is 6. The first-order chi connectivity index (χ1) is 14.6. The fraction of sp³-hybridized carbons (Fsp3) is 0.200. The molecule has 8 nitrogen and oxygen atoms in total. The van der Waals surface area contributed by atoms with Gasteiger partial charge in [0, 0.05) is 18.7 Å². The predicted molar refractivity (Wildman–Crippen MR) is 112 cm³/mol. The molecule has 0 aliphatic heterocycles. The molecule has 0 amide bonds. The van der Waals surface area contributed by atoms with Crippen molar-refractivity contribution < 1.29 is 14.3 Å². The summed E-state index contributed by atoms with van der Waals surface area (Å²) in [5, 5.41) is 13.7. The van der Waals surface area contributed by atoms with Crippen LogP contribution in [-0.4, -0.2) is 49.2 Å². The van der Waals surface area contributed by atoms with Gasteiger partial charge < -0.3 is 15.4 Å². The number of aliphatic hydroxyl groups excluding tert-OH is 1. The van der Waals surface area contributed by atoms with E-state index in [1.807, 2.05) is 4.57 Å². The van der Waals surface area contributed by atoms with Crippen LogP contribution < -0.4 is 5.73 Å². The zero-order valence-corrected chi connectivity index (χ0v) is 16.9. The minimum atomic E-state index is -0.514. The number of imidazole rings is 2. The number of benzene rings is 1. The molecule has 0 bridgehead atoms. The van der Waals surface area contributed by atoms with Crippen molar-refractivity contribution in [3.8, 4) is 22.6 Å². The summed E-state index contributed by atoms with van der Waals surface area (Å²) < 4.78 is 16.9. The van der Waals surface area contributed by atoms with Gasteiger partial charge in [0.25, 0.3) is 0 Å². The van der Waals surface area contributed by atoms with Gasteiger partial charge in [-0.3, -0.25) is 4.79 Å². The van der Waals surface area contributed by atoms with Crippen molar-refractivity contribution in [3.05, 3.63) is 59.4 Å². The van der Waals surface area contributed by atoms with Crippen molar-refractivity contribution in [2.24, 2.45) is 5.73 Å². The Balaban J connectivity index is 0.00000124. The third kappa shape index (κ3) is 4.09. The van der Waals surface area contributed by atoms with Crippen LogP contribution >= 0.6 is 11.6 Å². The van der Waals surface area contributed by atoms with Gasteiger partial charge in [-0.1, -0.05) is 11.6 Å². The minimum Gasteiger partial charge on any atom is -0.396 e. The molecule has 0 unspecified atom stereocenters. The fourth-order valence-electron chi connectivity index (χ4n) is 3.01. The van der Waals surface area contributed by atoms with Crippen LogP contribution in [0.15, 0.2) is 42.9 Å². The largest absolute Gasteiger partial charge is 0.396 e. The van der Waals surface area contributed by atoms with Crippen molar-refractivity contribution in [2.75, 3.05) is 13.7 Å². The number of carbonyl (C=O) groups is 1. The second-order valence-corrected chi connectivity index (χ2v) is 6.54. The predicted octanol–water partition coefficient (Wildman–Crippen LogP) is 2.82. The molecule has 3 heterocycles. The van der Waals surface area contributed by atoms with E-state index in [0.29, 0.717) is 53.2 Å². The van der Waals surface area contributed by atoms with Crippen LogP contribution in [0, 0.1) is 5.82 Å². The zero-order valence-electron chi connectivity index (χ0n) is 16.2. The fourth-order valence-corrected chi connectivity index (χ4v) is 3.19. The number of nitrogens with zero attached hydrogens (tertiary/aromatic N) is 5. The summed E-state index contributed by atoms with van der Waals surface area (Å²) in [5.41, 5.74) is 7.79. The lowest BCUT2D eigenvalue weighted by molar-refractivity contribution is 0.111. The van der Waals surface area contributed by atoms with E-state index in [1.165, 1.54) is 29.9 Å². The van der Waals surface area contributed by atoms with E-state index in [1.54, 1.807) is 24.5 Å². The van der Waals surface area contributed by atoms with Crippen LogP contribution in [0.3, 0.4) is 0 Å². The van der Waals surface area contributed by atoms with Gasteiger partial charge >= 0.3 is 0 Å². The number of nitrogens with two attached hydrogens (primary N) is 1. The number of aliphatic hydroxyl groups is 1. The molecular formula is C20H20ClFN6O2.